The molecule has 0 bridgehead atoms. The lowest BCUT2D eigenvalue weighted by atomic mass is 10.1. The maximum atomic E-state index is 12.6. The van der Waals surface area contributed by atoms with Gasteiger partial charge in [-0.2, -0.15) is 0 Å². The van der Waals surface area contributed by atoms with Crippen LogP contribution in [0.1, 0.15) is 37.0 Å². The molecule has 0 aliphatic heterocycles. The fourth-order valence-corrected chi connectivity index (χ4v) is 3.72. The molecule has 1 fully saturated rings. The van der Waals surface area contributed by atoms with Gasteiger partial charge in [-0.05, 0) is 63.4 Å². The van der Waals surface area contributed by atoms with Crippen molar-refractivity contribution in [1.29, 1.82) is 0 Å². The van der Waals surface area contributed by atoms with Crippen LogP contribution in [0.5, 0.6) is 0 Å². The van der Waals surface area contributed by atoms with Crippen LogP contribution in [-0.4, -0.2) is 24.9 Å². The molecule has 1 aliphatic rings. The molecule has 1 aliphatic carbocycles. The molecule has 0 spiro atoms. The van der Waals surface area contributed by atoms with Crippen LogP contribution in [0.15, 0.2) is 42.5 Å². The van der Waals surface area contributed by atoms with E-state index in [1.165, 1.54) is 5.56 Å². The molecule has 2 unspecified atom stereocenters. The van der Waals surface area contributed by atoms with Gasteiger partial charge in [-0.15, -0.1) is 0 Å². The summed E-state index contributed by atoms with van der Waals surface area (Å²) in [5.41, 5.74) is 5.25. The molecule has 2 atom stereocenters. The van der Waals surface area contributed by atoms with Gasteiger partial charge in [-0.1, -0.05) is 29.8 Å². The highest BCUT2D eigenvalue weighted by Gasteiger charge is 2.48. The Balaban J connectivity index is 1.52. The number of hydrogen-bond donors (Lipinski definition) is 2. The summed E-state index contributed by atoms with van der Waals surface area (Å²) in [6.45, 7) is 10.7. The Morgan fingerprint density at radius 2 is 1.72 bits per heavy atom. The van der Waals surface area contributed by atoms with Gasteiger partial charge in [0.25, 0.3) is 0 Å². The van der Waals surface area contributed by atoms with Crippen molar-refractivity contribution >= 4 is 23.2 Å². The molecular formula is C24H31N3O2. The summed E-state index contributed by atoms with van der Waals surface area (Å²) in [7, 11) is 0. The Labute approximate surface area is 173 Å². The van der Waals surface area contributed by atoms with Crippen LogP contribution in [0.2, 0.25) is 0 Å². The van der Waals surface area contributed by atoms with Crippen LogP contribution < -0.4 is 15.5 Å². The molecule has 2 aromatic carbocycles. The van der Waals surface area contributed by atoms with E-state index >= 15 is 0 Å². The number of anilines is 2. The van der Waals surface area contributed by atoms with Crippen molar-refractivity contribution in [3.8, 4) is 0 Å². The third-order valence-electron chi connectivity index (χ3n) is 5.61. The Hall–Kier alpha value is -2.82. The topological polar surface area (TPSA) is 61.4 Å². The molecule has 2 amide bonds. The van der Waals surface area contributed by atoms with Gasteiger partial charge >= 0.3 is 0 Å². The molecule has 0 aromatic heterocycles. The van der Waals surface area contributed by atoms with E-state index in [4.69, 9.17) is 0 Å². The molecule has 5 nitrogen and oxygen atoms in total. The lowest BCUT2D eigenvalue weighted by molar-refractivity contribution is -0.125. The molecular weight excluding hydrogens is 362 g/mol. The molecule has 154 valence electrons. The predicted molar refractivity (Wildman–Crippen MR) is 118 cm³/mol. The maximum Gasteiger partial charge on any atom is 0.228 e. The van der Waals surface area contributed by atoms with Crippen molar-refractivity contribution < 1.29 is 9.59 Å². The number of carbonyl (C=O) groups excluding carboxylic acids is 2. The highest BCUT2D eigenvalue weighted by atomic mass is 16.2. The summed E-state index contributed by atoms with van der Waals surface area (Å²) < 4.78 is 0. The number of nitrogens with zero attached hydrogens (tertiary/aromatic N) is 1. The van der Waals surface area contributed by atoms with Gasteiger partial charge in [0, 0.05) is 31.0 Å². The second-order valence-corrected chi connectivity index (χ2v) is 7.82. The minimum atomic E-state index is -0.241. The Morgan fingerprint density at radius 3 is 2.38 bits per heavy atom. The fraction of sp³-hybridized carbons (Fsp3) is 0.417. The first-order chi connectivity index (χ1) is 13.9. The molecule has 1 saturated carbocycles. The summed E-state index contributed by atoms with van der Waals surface area (Å²) >= 11 is 0. The average molecular weight is 394 g/mol. The van der Waals surface area contributed by atoms with E-state index in [-0.39, 0.29) is 23.7 Å². The van der Waals surface area contributed by atoms with Crippen molar-refractivity contribution in [3.05, 3.63) is 59.2 Å². The molecule has 3 rings (SSSR count). The zero-order valence-electron chi connectivity index (χ0n) is 17.8. The van der Waals surface area contributed by atoms with Crippen LogP contribution in [0.25, 0.3) is 0 Å². The van der Waals surface area contributed by atoms with Gasteiger partial charge in [-0.3, -0.25) is 9.59 Å². The lowest BCUT2D eigenvalue weighted by Gasteiger charge is -2.22. The number of rotatable bonds is 8. The number of carbonyl (C=O) groups is 2. The van der Waals surface area contributed by atoms with Crippen molar-refractivity contribution in [1.82, 2.24) is 5.32 Å². The van der Waals surface area contributed by atoms with E-state index in [9.17, 15) is 9.59 Å². The van der Waals surface area contributed by atoms with Crippen LogP contribution in [-0.2, 0) is 16.1 Å². The van der Waals surface area contributed by atoms with E-state index < -0.39 is 0 Å². The quantitative estimate of drug-likeness (QED) is 0.711. The summed E-state index contributed by atoms with van der Waals surface area (Å²) in [6, 6.07) is 14.2. The van der Waals surface area contributed by atoms with Crippen LogP contribution in [0.3, 0.4) is 0 Å². The van der Waals surface area contributed by atoms with Crippen LogP contribution in [0, 0.1) is 25.7 Å². The Morgan fingerprint density at radius 1 is 1.00 bits per heavy atom. The molecule has 2 N–H and O–H groups in total. The first-order valence-corrected chi connectivity index (χ1v) is 10.4. The van der Waals surface area contributed by atoms with E-state index in [2.05, 4.69) is 41.5 Å². The minimum absolute atomic E-state index is 0.0414. The number of nitrogens with one attached hydrogen (secondary N) is 2. The Bertz CT molecular complexity index is 889. The normalized spacial score (nSPS) is 17.5. The maximum absolute atomic E-state index is 12.6. The van der Waals surface area contributed by atoms with Gasteiger partial charge in [-0.25, -0.2) is 0 Å². The smallest absolute Gasteiger partial charge is 0.228 e. The summed E-state index contributed by atoms with van der Waals surface area (Å²) in [5.74, 6) is -0.580. The number of amides is 2. The van der Waals surface area contributed by atoms with Gasteiger partial charge in [0.1, 0.15) is 0 Å². The van der Waals surface area contributed by atoms with Crippen LogP contribution in [0.4, 0.5) is 11.4 Å². The summed E-state index contributed by atoms with van der Waals surface area (Å²) in [4.78, 5) is 27.2. The number of aryl methyl sites for hydroxylation is 2. The molecule has 29 heavy (non-hydrogen) atoms. The first kappa shape index (κ1) is 20.9. The van der Waals surface area contributed by atoms with E-state index in [0.717, 1.165) is 35.6 Å². The molecule has 5 heteroatoms. The van der Waals surface area contributed by atoms with Crippen molar-refractivity contribution in [2.45, 2.75) is 40.7 Å². The third-order valence-corrected chi connectivity index (χ3v) is 5.61. The zero-order valence-corrected chi connectivity index (χ0v) is 17.8. The van der Waals surface area contributed by atoms with E-state index in [1.807, 2.05) is 44.2 Å². The van der Waals surface area contributed by atoms with E-state index in [1.54, 1.807) is 0 Å². The Kier molecular flexibility index (Phi) is 6.57. The van der Waals surface area contributed by atoms with Crippen LogP contribution >= 0.6 is 0 Å². The van der Waals surface area contributed by atoms with Crippen molar-refractivity contribution in [2.75, 3.05) is 23.3 Å². The highest BCUT2D eigenvalue weighted by Crippen LogP contribution is 2.40. The van der Waals surface area contributed by atoms with E-state index in [0.29, 0.717) is 13.0 Å². The molecule has 0 radical (unpaired) electrons. The monoisotopic (exact) mass is 393 g/mol. The van der Waals surface area contributed by atoms with Gasteiger partial charge in [0.15, 0.2) is 0 Å². The van der Waals surface area contributed by atoms with Gasteiger partial charge < -0.3 is 15.5 Å². The fourth-order valence-electron chi connectivity index (χ4n) is 3.72. The number of hydrogen-bond acceptors (Lipinski definition) is 3. The average Bonchev–Trinajstić information content (AvgIpc) is 3.50. The zero-order chi connectivity index (χ0) is 21.0. The second-order valence-electron chi connectivity index (χ2n) is 7.82. The molecule has 0 saturated heterocycles. The summed E-state index contributed by atoms with van der Waals surface area (Å²) in [6.07, 6.45) is 0.613. The predicted octanol–water partition coefficient (Wildman–Crippen LogP) is 4.04. The van der Waals surface area contributed by atoms with Gasteiger partial charge in [0.05, 0.1) is 11.8 Å². The van der Waals surface area contributed by atoms with Crippen molar-refractivity contribution in [3.63, 3.8) is 0 Å². The lowest BCUT2D eigenvalue weighted by Crippen LogP contribution is -2.27. The largest absolute Gasteiger partial charge is 0.372 e. The number of benzene rings is 2. The first-order valence-electron chi connectivity index (χ1n) is 10.4. The standard InChI is InChI=1S/C24H31N3O2/c1-5-27(6-2)19-10-11-22(17(4)13-19)26-24(29)21-14-20(21)23(28)25-15-18-9-7-8-16(3)12-18/h7-13,20-21H,5-6,14-15H2,1-4H3,(H,25,28)(H,26,29). The SMILES string of the molecule is CCN(CC)c1ccc(NC(=O)C2CC2C(=O)NCc2cccc(C)c2)c(C)c1. The molecule has 2 aromatic rings. The molecule has 0 heterocycles. The summed E-state index contributed by atoms with van der Waals surface area (Å²) in [5, 5.41) is 5.96. The second kappa shape index (κ2) is 9.12. The highest BCUT2D eigenvalue weighted by molar-refractivity contribution is 6.00. The minimum Gasteiger partial charge on any atom is -0.372 e. The third kappa shape index (κ3) is 5.17. The van der Waals surface area contributed by atoms with Crippen molar-refractivity contribution in [2.24, 2.45) is 11.8 Å². The van der Waals surface area contributed by atoms with Gasteiger partial charge in [0.2, 0.25) is 11.8 Å².